The fourth-order valence-electron chi connectivity index (χ4n) is 3.08. The van der Waals surface area contributed by atoms with Crippen LogP contribution < -0.4 is 16.4 Å². The lowest BCUT2D eigenvalue weighted by Gasteiger charge is -2.29. The van der Waals surface area contributed by atoms with E-state index in [1.165, 1.54) is 0 Å². The molecule has 1 aliphatic rings. The minimum Gasteiger partial charge on any atom is -0.480 e. The topological polar surface area (TPSA) is 122 Å². The van der Waals surface area contributed by atoms with E-state index in [9.17, 15) is 19.5 Å². The first-order valence-corrected chi connectivity index (χ1v) is 9.19. The number of carboxylic acid groups (broad SMARTS) is 1. The standard InChI is InChI=1S/C18H33N3O4.ClH/c1-10(2)14(19)17(23)20-9-12-5-7-13(8-6-12)16(22)21-15(11(3)4)18(24)25;/h10-15H,5-9,19H2,1-4H3,(H,20,23)(H,21,22)(H,24,25);1H/t12?,13?,14-,15+;/m0./s1. The Kier molecular flexibility index (Phi) is 10.8. The van der Waals surface area contributed by atoms with Gasteiger partial charge in [0, 0.05) is 12.5 Å². The molecule has 0 aromatic carbocycles. The molecule has 1 rings (SSSR count). The van der Waals surface area contributed by atoms with E-state index in [0.717, 1.165) is 12.8 Å². The van der Waals surface area contributed by atoms with Crippen LogP contribution in [0.15, 0.2) is 0 Å². The molecule has 5 N–H and O–H groups in total. The summed E-state index contributed by atoms with van der Waals surface area (Å²) in [6.07, 6.45) is 3.11. The summed E-state index contributed by atoms with van der Waals surface area (Å²) < 4.78 is 0. The average molecular weight is 392 g/mol. The van der Waals surface area contributed by atoms with Crippen LogP contribution in [0.1, 0.15) is 53.4 Å². The molecule has 0 bridgehead atoms. The van der Waals surface area contributed by atoms with Crippen molar-refractivity contribution in [1.82, 2.24) is 10.6 Å². The summed E-state index contributed by atoms with van der Waals surface area (Å²) in [5.41, 5.74) is 5.82. The van der Waals surface area contributed by atoms with Crippen molar-refractivity contribution in [2.24, 2.45) is 29.4 Å². The molecule has 0 aromatic rings. The highest BCUT2D eigenvalue weighted by molar-refractivity contribution is 5.85. The molecule has 0 unspecified atom stereocenters. The molecule has 2 atom stereocenters. The third-order valence-electron chi connectivity index (χ3n) is 5.03. The Hall–Kier alpha value is -1.34. The van der Waals surface area contributed by atoms with Crippen LogP contribution in [0.25, 0.3) is 0 Å². The molecule has 0 aliphatic heterocycles. The van der Waals surface area contributed by atoms with Gasteiger partial charge in [-0.15, -0.1) is 12.4 Å². The van der Waals surface area contributed by atoms with Gasteiger partial charge in [0.25, 0.3) is 0 Å². The first kappa shape index (κ1) is 24.7. The van der Waals surface area contributed by atoms with Gasteiger partial charge in [0.2, 0.25) is 11.8 Å². The van der Waals surface area contributed by atoms with Crippen LogP contribution in [0.3, 0.4) is 0 Å². The SMILES string of the molecule is CC(C)[C@H](N)C(=O)NCC1CCC(C(=O)N[C@@H](C(=O)O)C(C)C)CC1.Cl. The maximum absolute atomic E-state index is 12.3. The van der Waals surface area contributed by atoms with E-state index in [-0.39, 0.29) is 42.0 Å². The summed E-state index contributed by atoms with van der Waals surface area (Å²) in [6.45, 7) is 7.96. The van der Waals surface area contributed by atoms with E-state index in [0.29, 0.717) is 25.3 Å². The summed E-state index contributed by atoms with van der Waals surface area (Å²) >= 11 is 0. The van der Waals surface area contributed by atoms with Crippen molar-refractivity contribution < 1.29 is 19.5 Å². The van der Waals surface area contributed by atoms with Crippen LogP contribution in [0.2, 0.25) is 0 Å². The highest BCUT2D eigenvalue weighted by atomic mass is 35.5. The third kappa shape index (κ3) is 7.50. The number of hydrogen-bond donors (Lipinski definition) is 4. The number of carboxylic acids is 1. The van der Waals surface area contributed by atoms with Gasteiger partial charge in [0.05, 0.1) is 6.04 Å². The number of nitrogens with one attached hydrogen (secondary N) is 2. The third-order valence-corrected chi connectivity index (χ3v) is 5.03. The number of hydrogen-bond acceptors (Lipinski definition) is 4. The Morgan fingerprint density at radius 1 is 1.04 bits per heavy atom. The molecule has 152 valence electrons. The molecule has 0 saturated heterocycles. The van der Waals surface area contributed by atoms with Crippen molar-refractivity contribution in [2.45, 2.75) is 65.5 Å². The maximum Gasteiger partial charge on any atom is 0.326 e. The van der Waals surface area contributed by atoms with Gasteiger partial charge in [-0.25, -0.2) is 4.79 Å². The number of aliphatic carboxylic acids is 1. The van der Waals surface area contributed by atoms with Gasteiger partial charge >= 0.3 is 5.97 Å². The Labute approximate surface area is 162 Å². The Bertz CT molecular complexity index is 477. The molecule has 1 aliphatic carbocycles. The second-order valence-corrected chi connectivity index (χ2v) is 7.80. The lowest BCUT2D eigenvalue weighted by molar-refractivity contribution is -0.144. The molecule has 0 spiro atoms. The molecular formula is C18H34ClN3O4. The van der Waals surface area contributed by atoms with E-state index >= 15 is 0 Å². The molecule has 2 amide bonds. The van der Waals surface area contributed by atoms with Crippen LogP contribution in [0, 0.1) is 23.7 Å². The van der Waals surface area contributed by atoms with Crippen molar-refractivity contribution in [3.63, 3.8) is 0 Å². The molecule has 7 nitrogen and oxygen atoms in total. The van der Waals surface area contributed by atoms with Crippen molar-refractivity contribution in [1.29, 1.82) is 0 Å². The monoisotopic (exact) mass is 391 g/mol. The van der Waals surface area contributed by atoms with E-state index < -0.39 is 18.1 Å². The summed E-state index contributed by atoms with van der Waals surface area (Å²) in [5, 5.41) is 14.7. The predicted molar refractivity (Wildman–Crippen MR) is 103 cm³/mol. The molecule has 26 heavy (non-hydrogen) atoms. The Balaban J connectivity index is 0.00000625. The minimum absolute atomic E-state index is 0. The Morgan fingerprint density at radius 3 is 2.00 bits per heavy atom. The van der Waals surface area contributed by atoms with Crippen LogP contribution in [-0.4, -0.2) is 41.5 Å². The largest absolute Gasteiger partial charge is 0.480 e. The van der Waals surface area contributed by atoms with Gasteiger partial charge in [-0.1, -0.05) is 27.7 Å². The van der Waals surface area contributed by atoms with E-state index in [1.807, 2.05) is 13.8 Å². The van der Waals surface area contributed by atoms with Gasteiger partial charge in [-0.3, -0.25) is 9.59 Å². The Morgan fingerprint density at radius 2 is 1.58 bits per heavy atom. The van der Waals surface area contributed by atoms with Gasteiger partial charge in [-0.2, -0.15) is 0 Å². The number of carbonyl (C=O) groups is 3. The molecule has 0 aromatic heterocycles. The van der Waals surface area contributed by atoms with Crippen LogP contribution in [0.5, 0.6) is 0 Å². The summed E-state index contributed by atoms with van der Waals surface area (Å²) in [4.78, 5) is 35.4. The zero-order valence-corrected chi connectivity index (χ0v) is 17.0. The zero-order chi connectivity index (χ0) is 19.1. The highest BCUT2D eigenvalue weighted by Gasteiger charge is 2.30. The van der Waals surface area contributed by atoms with Crippen molar-refractivity contribution in [2.75, 3.05) is 6.54 Å². The number of halogens is 1. The second-order valence-electron chi connectivity index (χ2n) is 7.80. The lowest BCUT2D eigenvalue weighted by Crippen LogP contribution is -2.48. The quantitative estimate of drug-likeness (QED) is 0.500. The first-order chi connectivity index (χ1) is 11.6. The van der Waals surface area contributed by atoms with Crippen molar-refractivity contribution >= 4 is 30.2 Å². The molecular weight excluding hydrogens is 358 g/mol. The first-order valence-electron chi connectivity index (χ1n) is 9.19. The molecule has 8 heteroatoms. The predicted octanol–water partition coefficient (Wildman–Crippen LogP) is 1.54. The zero-order valence-electron chi connectivity index (χ0n) is 16.2. The summed E-state index contributed by atoms with van der Waals surface area (Å²) in [6, 6.07) is -1.34. The van der Waals surface area contributed by atoms with Crippen LogP contribution in [-0.2, 0) is 14.4 Å². The van der Waals surface area contributed by atoms with E-state index in [2.05, 4.69) is 10.6 Å². The second kappa shape index (κ2) is 11.4. The van der Waals surface area contributed by atoms with Crippen molar-refractivity contribution in [3.8, 4) is 0 Å². The van der Waals surface area contributed by atoms with Crippen LogP contribution >= 0.6 is 12.4 Å². The smallest absolute Gasteiger partial charge is 0.326 e. The maximum atomic E-state index is 12.3. The average Bonchev–Trinajstić information content (AvgIpc) is 2.56. The number of rotatable bonds is 8. The van der Waals surface area contributed by atoms with E-state index in [4.69, 9.17) is 5.73 Å². The molecule has 0 radical (unpaired) electrons. The normalized spacial score (nSPS) is 22.3. The van der Waals surface area contributed by atoms with Gasteiger partial charge in [0.15, 0.2) is 0 Å². The molecule has 1 fully saturated rings. The summed E-state index contributed by atoms with van der Waals surface area (Å²) in [7, 11) is 0. The van der Waals surface area contributed by atoms with Crippen LogP contribution in [0.4, 0.5) is 0 Å². The lowest BCUT2D eigenvalue weighted by atomic mass is 9.81. The number of carbonyl (C=O) groups excluding carboxylic acids is 2. The number of nitrogens with two attached hydrogens (primary N) is 1. The number of amides is 2. The van der Waals surface area contributed by atoms with Gasteiger partial charge in [-0.05, 0) is 43.4 Å². The molecule has 1 saturated carbocycles. The fourth-order valence-corrected chi connectivity index (χ4v) is 3.08. The van der Waals surface area contributed by atoms with Crippen molar-refractivity contribution in [3.05, 3.63) is 0 Å². The van der Waals surface area contributed by atoms with Gasteiger partial charge in [0.1, 0.15) is 6.04 Å². The fraction of sp³-hybridized carbons (Fsp3) is 0.833. The minimum atomic E-state index is -0.999. The van der Waals surface area contributed by atoms with E-state index in [1.54, 1.807) is 13.8 Å². The summed E-state index contributed by atoms with van der Waals surface area (Å²) in [5.74, 6) is -1.17. The highest BCUT2D eigenvalue weighted by Crippen LogP contribution is 2.28. The molecule has 0 heterocycles. The van der Waals surface area contributed by atoms with Gasteiger partial charge < -0.3 is 21.5 Å².